The normalized spacial score (nSPS) is 24.5. The number of aliphatic hydroxyl groups excluding tert-OH is 1. The Bertz CT molecular complexity index is 238. The summed E-state index contributed by atoms with van der Waals surface area (Å²) in [6.07, 6.45) is 4.58. The summed E-state index contributed by atoms with van der Waals surface area (Å²) in [6, 6.07) is 0. The highest BCUT2D eigenvalue weighted by molar-refractivity contribution is 5.25. The first-order valence-electron chi connectivity index (χ1n) is 5.56. The Morgan fingerprint density at radius 2 is 2.21 bits per heavy atom. The number of aliphatic hydroxyl groups is 1. The number of allylic oxidation sites excluding steroid dienone is 1. The van der Waals surface area contributed by atoms with E-state index < -0.39 is 0 Å². The van der Waals surface area contributed by atoms with Crippen LogP contribution in [0.1, 0.15) is 40.0 Å². The van der Waals surface area contributed by atoms with Crippen molar-refractivity contribution < 1.29 is 5.11 Å². The third-order valence-corrected chi connectivity index (χ3v) is 3.28. The van der Waals surface area contributed by atoms with E-state index >= 15 is 0 Å². The average Bonchev–Trinajstić information content (AvgIpc) is 2.47. The Hall–Kier alpha value is -0.560. The van der Waals surface area contributed by atoms with Crippen molar-refractivity contribution in [2.75, 3.05) is 0 Å². The van der Waals surface area contributed by atoms with E-state index in [1.165, 1.54) is 17.6 Å². The molecule has 0 saturated carbocycles. The molecule has 2 unspecified atom stereocenters. The van der Waals surface area contributed by atoms with E-state index in [1.807, 2.05) is 0 Å². The molecule has 1 nitrogen and oxygen atoms in total. The first-order chi connectivity index (χ1) is 6.57. The van der Waals surface area contributed by atoms with Crippen LogP contribution >= 0.6 is 0 Å². The van der Waals surface area contributed by atoms with Gasteiger partial charge in [0.25, 0.3) is 0 Å². The van der Waals surface area contributed by atoms with Crippen molar-refractivity contribution in [2.45, 2.75) is 46.1 Å². The van der Waals surface area contributed by atoms with Gasteiger partial charge in [0.15, 0.2) is 0 Å². The quantitative estimate of drug-likeness (QED) is 0.681. The lowest BCUT2D eigenvalue weighted by Crippen LogP contribution is -2.19. The summed E-state index contributed by atoms with van der Waals surface area (Å²) in [5.74, 6) is 1.23. The molecule has 2 atom stereocenters. The molecular formula is C13H22O. The smallest absolute Gasteiger partial charge is 0.0789 e. The van der Waals surface area contributed by atoms with Gasteiger partial charge in [-0.25, -0.2) is 0 Å². The van der Waals surface area contributed by atoms with Gasteiger partial charge in [0.1, 0.15) is 0 Å². The fourth-order valence-electron chi connectivity index (χ4n) is 2.50. The van der Waals surface area contributed by atoms with E-state index in [0.717, 1.165) is 6.42 Å². The lowest BCUT2D eigenvalue weighted by molar-refractivity contribution is 0.193. The predicted molar refractivity (Wildman–Crippen MR) is 61.1 cm³/mol. The van der Waals surface area contributed by atoms with Crippen molar-refractivity contribution in [1.82, 2.24) is 0 Å². The van der Waals surface area contributed by atoms with Crippen LogP contribution in [0.15, 0.2) is 23.8 Å². The largest absolute Gasteiger partial charge is 0.388 e. The second-order valence-corrected chi connectivity index (χ2v) is 4.67. The zero-order valence-electron chi connectivity index (χ0n) is 9.59. The van der Waals surface area contributed by atoms with E-state index in [1.54, 1.807) is 6.08 Å². The van der Waals surface area contributed by atoms with E-state index in [0.29, 0.717) is 18.3 Å². The highest BCUT2D eigenvalue weighted by Gasteiger charge is 2.29. The van der Waals surface area contributed by atoms with E-state index in [-0.39, 0.29) is 6.10 Å². The van der Waals surface area contributed by atoms with Crippen molar-refractivity contribution in [3.63, 3.8) is 0 Å². The van der Waals surface area contributed by atoms with Gasteiger partial charge in [-0.15, -0.1) is 6.58 Å². The molecule has 1 aliphatic rings. The first-order valence-corrected chi connectivity index (χ1v) is 5.56. The minimum Gasteiger partial charge on any atom is -0.388 e. The summed E-state index contributed by atoms with van der Waals surface area (Å²) in [6.45, 7) is 10.3. The fourth-order valence-corrected chi connectivity index (χ4v) is 2.50. The lowest BCUT2D eigenvalue weighted by atomic mass is 9.85. The zero-order valence-corrected chi connectivity index (χ0v) is 9.59. The van der Waals surface area contributed by atoms with Crippen LogP contribution in [0.4, 0.5) is 0 Å². The molecular weight excluding hydrogens is 172 g/mol. The van der Waals surface area contributed by atoms with Crippen LogP contribution in [-0.2, 0) is 0 Å². The van der Waals surface area contributed by atoms with Crippen LogP contribution in [-0.4, -0.2) is 11.2 Å². The van der Waals surface area contributed by atoms with Gasteiger partial charge in [0.2, 0.25) is 0 Å². The van der Waals surface area contributed by atoms with Gasteiger partial charge >= 0.3 is 0 Å². The van der Waals surface area contributed by atoms with Gasteiger partial charge in [0, 0.05) is 0 Å². The molecule has 0 heterocycles. The van der Waals surface area contributed by atoms with Crippen LogP contribution in [0.2, 0.25) is 0 Å². The molecule has 1 N–H and O–H groups in total. The molecule has 14 heavy (non-hydrogen) atoms. The molecule has 1 heteroatoms. The summed E-state index contributed by atoms with van der Waals surface area (Å²) in [4.78, 5) is 0. The Morgan fingerprint density at radius 3 is 2.71 bits per heavy atom. The van der Waals surface area contributed by atoms with Gasteiger partial charge in [-0.05, 0) is 43.6 Å². The van der Waals surface area contributed by atoms with E-state index in [2.05, 4.69) is 27.4 Å². The van der Waals surface area contributed by atoms with E-state index in [9.17, 15) is 5.11 Å². The summed E-state index contributed by atoms with van der Waals surface area (Å²) in [5, 5.41) is 10.0. The zero-order chi connectivity index (χ0) is 10.7. The number of hydrogen-bond donors (Lipinski definition) is 1. The topological polar surface area (TPSA) is 20.2 Å². The summed E-state index contributed by atoms with van der Waals surface area (Å²) in [7, 11) is 0. The van der Waals surface area contributed by atoms with Gasteiger partial charge < -0.3 is 5.11 Å². The number of hydrogen-bond acceptors (Lipinski definition) is 1. The summed E-state index contributed by atoms with van der Waals surface area (Å²) in [5.41, 5.74) is 2.69. The molecule has 80 valence electrons. The second kappa shape index (κ2) is 4.79. The molecule has 0 saturated heterocycles. The van der Waals surface area contributed by atoms with Crippen molar-refractivity contribution in [2.24, 2.45) is 11.8 Å². The monoisotopic (exact) mass is 194 g/mol. The van der Waals surface area contributed by atoms with Gasteiger partial charge in [-0.1, -0.05) is 25.5 Å². The highest BCUT2D eigenvalue weighted by atomic mass is 16.3. The molecule has 0 aromatic rings. The van der Waals surface area contributed by atoms with Crippen LogP contribution in [0.25, 0.3) is 0 Å². The molecule has 1 rings (SSSR count). The minimum atomic E-state index is -0.289. The molecule has 0 aromatic heterocycles. The maximum absolute atomic E-state index is 10.0. The maximum Gasteiger partial charge on any atom is 0.0789 e. The standard InChI is InChI=1S/C13H22O/c1-5-6-12(14)13-10(4)7-8-11(13)9(2)3/h5,9,11-12,14H,1,6-8H2,2-4H3. The third kappa shape index (κ3) is 2.27. The lowest BCUT2D eigenvalue weighted by Gasteiger charge is -2.23. The van der Waals surface area contributed by atoms with E-state index in [4.69, 9.17) is 0 Å². The molecule has 0 fully saturated rings. The predicted octanol–water partition coefficient (Wildman–Crippen LogP) is 3.31. The second-order valence-electron chi connectivity index (χ2n) is 4.67. The fraction of sp³-hybridized carbons (Fsp3) is 0.692. The summed E-state index contributed by atoms with van der Waals surface area (Å²) >= 11 is 0. The van der Waals surface area contributed by atoms with Crippen LogP contribution in [0.3, 0.4) is 0 Å². The van der Waals surface area contributed by atoms with Crippen molar-refractivity contribution in [1.29, 1.82) is 0 Å². The average molecular weight is 194 g/mol. The van der Waals surface area contributed by atoms with Gasteiger partial charge in [-0.2, -0.15) is 0 Å². The Balaban J connectivity index is 2.80. The number of rotatable bonds is 4. The maximum atomic E-state index is 10.0. The molecule has 0 aliphatic heterocycles. The van der Waals surface area contributed by atoms with Crippen molar-refractivity contribution >= 4 is 0 Å². The summed E-state index contributed by atoms with van der Waals surface area (Å²) < 4.78 is 0. The molecule has 0 amide bonds. The first kappa shape index (κ1) is 11.5. The van der Waals surface area contributed by atoms with Crippen LogP contribution in [0.5, 0.6) is 0 Å². The van der Waals surface area contributed by atoms with Crippen molar-refractivity contribution in [3.8, 4) is 0 Å². The third-order valence-electron chi connectivity index (χ3n) is 3.28. The molecule has 1 aliphatic carbocycles. The van der Waals surface area contributed by atoms with Crippen LogP contribution in [0, 0.1) is 11.8 Å². The van der Waals surface area contributed by atoms with Crippen molar-refractivity contribution in [3.05, 3.63) is 23.8 Å². The van der Waals surface area contributed by atoms with Gasteiger partial charge in [-0.3, -0.25) is 0 Å². The Labute approximate surface area is 87.5 Å². The molecule has 0 spiro atoms. The SMILES string of the molecule is C=CCC(O)C1=C(C)CCC1C(C)C. The molecule has 0 aromatic carbocycles. The Morgan fingerprint density at radius 1 is 1.57 bits per heavy atom. The van der Waals surface area contributed by atoms with Crippen LogP contribution < -0.4 is 0 Å². The van der Waals surface area contributed by atoms with Gasteiger partial charge in [0.05, 0.1) is 6.10 Å². The minimum absolute atomic E-state index is 0.289. The molecule has 0 bridgehead atoms. The molecule has 0 radical (unpaired) electrons. The highest BCUT2D eigenvalue weighted by Crippen LogP contribution is 2.39. The Kier molecular flexibility index (Phi) is 3.94.